The van der Waals surface area contributed by atoms with Crippen LogP contribution in [0.4, 0.5) is 15.8 Å². The van der Waals surface area contributed by atoms with E-state index in [0.29, 0.717) is 10.6 Å². The van der Waals surface area contributed by atoms with Gasteiger partial charge in [0, 0.05) is 23.3 Å². The van der Waals surface area contributed by atoms with Gasteiger partial charge in [-0.2, -0.15) is 0 Å². The quantitative estimate of drug-likeness (QED) is 0.695. The number of hydrogen-bond acceptors (Lipinski definition) is 3. The van der Waals surface area contributed by atoms with Gasteiger partial charge in [-0.25, -0.2) is 4.39 Å². The number of benzene rings is 2. The first-order valence-electron chi connectivity index (χ1n) is 6.07. The first-order chi connectivity index (χ1) is 9.58. The van der Waals surface area contributed by atoms with Crippen LogP contribution in [0.15, 0.2) is 53.4 Å². The molecular formula is C15H15FN2OS. The number of nitrogens with two attached hydrogens (primary N) is 1. The zero-order valence-electron chi connectivity index (χ0n) is 11.0. The Balaban J connectivity index is 1.98. The van der Waals surface area contributed by atoms with Crippen LogP contribution in [0.5, 0.6) is 0 Å². The number of amides is 1. The van der Waals surface area contributed by atoms with Crippen molar-refractivity contribution in [2.75, 3.05) is 23.4 Å². The number of hydrogen-bond donors (Lipinski definition) is 1. The number of rotatable bonds is 4. The van der Waals surface area contributed by atoms with Crippen molar-refractivity contribution in [2.45, 2.75) is 4.90 Å². The molecule has 0 aliphatic heterocycles. The minimum Gasteiger partial charge on any atom is -0.398 e. The molecule has 0 spiro atoms. The van der Waals surface area contributed by atoms with Gasteiger partial charge in [0.15, 0.2) is 0 Å². The average molecular weight is 290 g/mol. The third-order valence-corrected chi connectivity index (χ3v) is 3.91. The standard InChI is InChI=1S/C15H15FN2OS/c1-18(12-5-3-2-4-6-12)15(19)10-20-14-8-7-11(16)9-13(14)17/h2-9H,10,17H2,1H3. The maximum Gasteiger partial charge on any atom is 0.237 e. The lowest BCUT2D eigenvalue weighted by Crippen LogP contribution is -2.27. The van der Waals surface area contributed by atoms with Crippen LogP contribution in [-0.2, 0) is 4.79 Å². The summed E-state index contributed by atoms with van der Waals surface area (Å²) >= 11 is 1.30. The number of carbonyl (C=O) groups is 1. The van der Waals surface area contributed by atoms with Crippen molar-refractivity contribution in [1.29, 1.82) is 0 Å². The van der Waals surface area contributed by atoms with Crippen LogP contribution in [0.3, 0.4) is 0 Å². The molecule has 0 bridgehead atoms. The van der Waals surface area contributed by atoms with Crippen LogP contribution >= 0.6 is 11.8 Å². The fourth-order valence-corrected chi connectivity index (χ4v) is 2.55. The van der Waals surface area contributed by atoms with Gasteiger partial charge in [-0.1, -0.05) is 18.2 Å². The number of thioether (sulfide) groups is 1. The van der Waals surface area contributed by atoms with Gasteiger partial charge in [0.1, 0.15) is 5.82 Å². The Hall–Kier alpha value is -2.01. The fraction of sp³-hybridized carbons (Fsp3) is 0.133. The third kappa shape index (κ3) is 3.51. The van der Waals surface area contributed by atoms with Crippen molar-refractivity contribution >= 4 is 29.0 Å². The van der Waals surface area contributed by atoms with E-state index >= 15 is 0 Å². The lowest BCUT2D eigenvalue weighted by molar-refractivity contribution is -0.115. The number of nitrogen functional groups attached to an aromatic ring is 1. The summed E-state index contributed by atoms with van der Waals surface area (Å²) in [5, 5.41) is 0. The largest absolute Gasteiger partial charge is 0.398 e. The summed E-state index contributed by atoms with van der Waals surface area (Å²) in [4.78, 5) is 14.4. The number of para-hydroxylation sites is 1. The molecule has 0 radical (unpaired) electrons. The van der Waals surface area contributed by atoms with Crippen molar-refractivity contribution in [3.05, 3.63) is 54.3 Å². The molecule has 2 N–H and O–H groups in total. The molecule has 3 nitrogen and oxygen atoms in total. The molecule has 0 atom stereocenters. The van der Waals surface area contributed by atoms with Crippen molar-refractivity contribution in [3.8, 4) is 0 Å². The zero-order valence-corrected chi connectivity index (χ0v) is 11.9. The Morgan fingerprint density at radius 3 is 2.60 bits per heavy atom. The minimum absolute atomic E-state index is 0.0371. The van der Waals surface area contributed by atoms with Gasteiger partial charge in [0.25, 0.3) is 0 Å². The minimum atomic E-state index is -0.375. The summed E-state index contributed by atoms with van der Waals surface area (Å²) in [7, 11) is 1.73. The smallest absolute Gasteiger partial charge is 0.237 e. The molecule has 0 heterocycles. The molecule has 2 aromatic rings. The lowest BCUT2D eigenvalue weighted by Gasteiger charge is -2.17. The molecule has 0 unspecified atom stereocenters. The molecule has 5 heteroatoms. The molecule has 2 aromatic carbocycles. The van der Waals surface area contributed by atoms with Crippen LogP contribution in [0.1, 0.15) is 0 Å². The average Bonchev–Trinajstić information content (AvgIpc) is 2.46. The summed E-state index contributed by atoms with van der Waals surface area (Å²) in [6.07, 6.45) is 0. The first-order valence-corrected chi connectivity index (χ1v) is 7.06. The SMILES string of the molecule is CN(C(=O)CSc1ccc(F)cc1N)c1ccccc1. The van der Waals surface area contributed by atoms with E-state index in [9.17, 15) is 9.18 Å². The molecular weight excluding hydrogens is 275 g/mol. The molecule has 104 valence electrons. The van der Waals surface area contributed by atoms with Crippen LogP contribution in [-0.4, -0.2) is 18.7 Å². The molecule has 2 rings (SSSR count). The van der Waals surface area contributed by atoms with E-state index in [1.165, 1.54) is 23.9 Å². The van der Waals surface area contributed by atoms with Crippen molar-refractivity contribution in [2.24, 2.45) is 0 Å². The normalized spacial score (nSPS) is 10.3. The molecule has 0 aromatic heterocycles. The molecule has 0 aliphatic carbocycles. The summed E-state index contributed by atoms with van der Waals surface area (Å²) in [6, 6.07) is 13.6. The van der Waals surface area contributed by atoms with Gasteiger partial charge in [-0.15, -0.1) is 11.8 Å². The van der Waals surface area contributed by atoms with E-state index in [1.807, 2.05) is 30.3 Å². The Morgan fingerprint density at radius 2 is 1.95 bits per heavy atom. The van der Waals surface area contributed by atoms with E-state index in [-0.39, 0.29) is 17.5 Å². The highest BCUT2D eigenvalue weighted by atomic mass is 32.2. The number of halogens is 1. The van der Waals surface area contributed by atoms with Gasteiger partial charge in [-0.05, 0) is 30.3 Å². The monoisotopic (exact) mass is 290 g/mol. The van der Waals surface area contributed by atoms with Gasteiger partial charge in [-0.3, -0.25) is 4.79 Å². The lowest BCUT2D eigenvalue weighted by atomic mass is 10.3. The van der Waals surface area contributed by atoms with E-state index in [2.05, 4.69) is 0 Å². The predicted molar refractivity (Wildman–Crippen MR) is 81.4 cm³/mol. The Bertz CT molecular complexity index is 604. The molecule has 0 saturated heterocycles. The van der Waals surface area contributed by atoms with E-state index in [0.717, 1.165) is 5.69 Å². The number of anilines is 2. The second-order valence-electron chi connectivity index (χ2n) is 4.26. The van der Waals surface area contributed by atoms with Crippen LogP contribution in [0.25, 0.3) is 0 Å². The summed E-state index contributed by atoms with van der Waals surface area (Å²) in [6.45, 7) is 0. The van der Waals surface area contributed by atoms with Gasteiger partial charge >= 0.3 is 0 Å². The topological polar surface area (TPSA) is 46.3 Å². The number of nitrogens with zero attached hydrogens (tertiary/aromatic N) is 1. The number of carbonyl (C=O) groups excluding carboxylic acids is 1. The van der Waals surface area contributed by atoms with Gasteiger partial charge in [0.2, 0.25) is 5.91 Å². The van der Waals surface area contributed by atoms with Crippen molar-refractivity contribution in [3.63, 3.8) is 0 Å². The predicted octanol–water partition coefficient (Wildman–Crippen LogP) is 3.16. The van der Waals surface area contributed by atoms with Gasteiger partial charge < -0.3 is 10.6 Å². The van der Waals surface area contributed by atoms with Crippen molar-refractivity contribution in [1.82, 2.24) is 0 Å². The van der Waals surface area contributed by atoms with Crippen molar-refractivity contribution < 1.29 is 9.18 Å². The fourth-order valence-electron chi connectivity index (χ4n) is 1.68. The second kappa shape index (κ2) is 6.43. The van der Waals surface area contributed by atoms with Crippen LogP contribution in [0.2, 0.25) is 0 Å². The molecule has 0 fully saturated rings. The van der Waals surface area contributed by atoms with Gasteiger partial charge in [0.05, 0.1) is 5.75 Å². The highest BCUT2D eigenvalue weighted by molar-refractivity contribution is 8.00. The maximum absolute atomic E-state index is 12.9. The van der Waals surface area contributed by atoms with E-state index in [4.69, 9.17) is 5.73 Å². The summed E-state index contributed by atoms with van der Waals surface area (Å²) < 4.78 is 12.9. The highest BCUT2D eigenvalue weighted by Crippen LogP contribution is 2.26. The summed E-state index contributed by atoms with van der Waals surface area (Å²) in [5.74, 6) is -0.161. The molecule has 1 amide bonds. The first kappa shape index (κ1) is 14.4. The third-order valence-electron chi connectivity index (χ3n) is 2.84. The van der Waals surface area contributed by atoms with Crippen LogP contribution < -0.4 is 10.6 Å². The van der Waals surface area contributed by atoms with E-state index in [1.54, 1.807) is 18.0 Å². The summed E-state index contributed by atoms with van der Waals surface area (Å²) in [5.41, 5.74) is 6.90. The highest BCUT2D eigenvalue weighted by Gasteiger charge is 2.12. The van der Waals surface area contributed by atoms with Crippen LogP contribution in [0, 0.1) is 5.82 Å². The second-order valence-corrected chi connectivity index (χ2v) is 5.28. The Morgan fingerprint density at radius 1 is 1.25 bits per heavy atom. The molecule has 0 saturated carbocycles. The Labute approximate surface area is 121 Å². The zero-order chi connectivity index (χ0) is 14.5. The maximum atomic E-state index is 12.9. The molecule has 20 heavy (non-hydrogen) atoms. The van der Waals surface area contributed by atoms with E-state index < -0.39 is 0 Å². The molecule has 0 aliphatic rings. The Kier molecular flexibility index (Phi) is 4.63.